The molecular weight excluding hydrogens is 216 g/mol. The Labute approximate surface area is 104 Å². The molecule has 0 saturated heterocycles. The Bertz CT molecular complexity index is 322. The monoisotopic (exact) mass is 240 g/mol. The summed E-state index contributed by atoms with van der Waals surface area (Å²) < 4.78 is 7.34. The molecule has 0 aliphatic heterocycles. The van der Waals surface area contributed by atoms with Gasteiger partial charge in [0, 0.05) is 13.1 Å². The lowest BCUT2D eigenvalue weighted by atomic mass is 10.3. The van der Waals surface area contributed by atoms with Crippen molar-refractivity contribution in [1.29, 1.82) is 0 Å². The maximum absolute atomic E-state index is 5.33. The first kappa shape index (κ1) is 14.0. The molecule has 17 heavy (non-hydrogen) atoms. The van der Waals surface area contributed by atoms with Crippen molar-refractivity contribution in [2.45, 2.75) is 26.4 Å². The molecule has 5 heteroatoms. The van der Waals surface area contributed by atoms with Crippen molar-refractivity contribution in [3.05, 3.63) is 11.9 Å². The second kappa shape index (κ2) is 7.29. The van der Waals surface area contributed by atoms with E-state index in [2.05, 4.69) is 36.3 Å². The summed E-state index contributed by atoms with van der Waals surface area (Å²) in [5, 5.41) is 7.75. The average molecular weight is 240 g/mol. The number of methoxy groups -OCH3 is 1. The van der Waals surface area contributed by atoms with E-state index in [1.54, 1.807) is 13.3 Å². The van der Waals surface area contributed by atoms with E-state index >= 15 is 0 Å². The van der Waals surface area contributed by atoms with Gasteiger partial charge < -0.3 is 15.0 Å². The summed E-state index contributed by atoms with van der Waals surface area (Å²) in [4.78, 5) is 2.15. The number of nitrogens with one attached hydrogen (secondary N) is 1. The number of rotatable bonds is 8. The Balaban J connectivity index is 2.64. The third-order valence-corrected chi connectivity index (χ3v) is 2.61. The molecule has 0 radical (unpaired) electrons. The van der Waals surface area contributed by atoms with Crippen LogP contribution in [0, 0.1) is 0 Å². The van der Waals surface area contributed by atoms with Crippen molar-refractivity contribution < 1.29 is 4.74 Å². The topological polar surface area (TPSA) is 42.3 Å². The molecule has 1 heterocycles. The highest BCUT2D eigenvalue weighted by molar-refractivity contribution is 5.24. The molecule has 1 aromatic rings. The van der Waals surface area contributed by atoms with E-state index in [1.807, 2.05) is 4.68 Å². The Morgan fingerprint density at radius 1 is 1.47 bits per heavy atom. The quantitative estimate of drug-likeness (QED) is 0.687. The number of likely N-dealkylation sites (N-methyl/N-ethyl adjacent to an activating group) is 1. The SMILES string of the molecule is CCCNCc1c(OC)cnn1CCN(C)C. The summed E-state index contributed by atoms with van der Waals surface area (Å²) in [5.41, 5.74) is 1.13. The Morgan fingerprint density at radius 2 is 2.24 bits per heavy atom. The molecule has 0 bridgehead atoms. The molecule has 98 valence electrons. The Morgan fingerprint density at radius 3 is 2.82 bits per heavy atom. The normalized spacial score (nSPS) is 11.1. The molecule has 0 unspecified atom stereocenters. The van der Waals surface area contributed by atoms with Crippen LogP contribution in [-0.2, 0) is 13.1 Å². The summed E-state index contributed by atoms with van der Waals surface area (Å²) in [7, 11) is 5.82. The van der Waals surface area contributed by atoms with Gasteiger partial charge in [0.2, 0.25) is 0 Å². The van der Waals surface area contributed by atoms with Gasteiger partial charge in [-0.05, 0) is 27.1 Å². The highest BCUT2D eigenvalue weighted by Crippen LogP contribution is 2.17. The highest BCUT2D eigenvalue weighted by atomic mass is 16.5. The van der Waals surface area contributed by atoms with Gasteiger partial charge in [0.15, 0.2) is 5.75 Å². The fourth-order valence-electron chi connectivity index (χ4n) is 1.61. The maximum Gasteiger partial charge on any atom is 0.161 e. The smallest absolute Gasteiger partial charge is 0.161 e. The van der Waals surface area contributed by atoms with Crippen LogP contribution in [0.1, 0.15) is 19.0 Å². The minimum Gasteiger partial charge on any atom is -0.493 e. The maximum atomic E-state index is 5.33. The molecule has 1 rings (SSSR count). The minimum atomic E-state index is 0.810. The number of ether oxygens (including phenoxy) is 1. The number of hydrogen-bond acceptors (Lipinski definition) is 4. The van der Waals surface area contributed by atoms with Crippen LogP contribution >= 0.6 is 0 Å². The molecular formula is C12H24N4O. The molecule has 0 fully saturated rings. The van der Waals surface area contributed by atoms with Gasteiger partial charge in [0.05, 0.1) is 25.5 Å². The van der Waals surface area contributed by atoms with Gasteiger partial charge in [-0.15, -0.1) is 0 Å². The van der Waals surface area contributed by atoms with Crippen molar-refractivity contribution in [1.82, 2.24) is 20.0 Å². The number of nitrogens with zero attached hydrogens (tertiary/aromatic N) is 3. The summed E-state index contributed by atoms with van der Waals surface area (Å²) >= 11 is 0. The molecule has 0 aliphatic carbocycles. The molecule has 0 amide bonds. The van der Waals surface area contributed by atoms with Crippen molar-refractivity contribution >= 4 is 0 Å². The van der Waals surface area contributed by atoms with Gasteiger partial charge in [0.25, 0.3) is 0 Å². The van der Waals surface area contributed by atoms with Gasteiger partial charge in [-0.25, -0.2) is 0 Å². The number of aromatic nitrogens is 2. The molecule has 0 atom stereocenters. The predicted molar refractivity (Wildman–Crippen MR) is 69.3 cm³/mol. The first-order valence-corrected chi connectivity index (χ1v) is 6.13. The summed E-state index contributed by atoms with van der Waals surface area (Å²) in [5.74, 6) is 0.868. The van der Waals surface area contributed by atoms with Gasteiger partial charge in [0.1, 0.15) is 0 Å². The van der Waals surface area contributed by atoms with Crippen LogP contribution in [0.2, 0.25) is 0 Å². The Kier molecular flexibility index (Phi) is 6.00. The van der Waals surface area contributed by atoms with E-state index in [-0.39, 0.29) is 0 Å². The summed E-state index contributed by atoms with van der Waals surface area (Å²) in [6.45, 7) is 5.85. The second-order valence-corrected chi connectivity index (χ2v) is 4.36. The molecule has 0 saturated carbocycles. The average Bonchev–Trinajstić information content (AvgIpc) is 2.69. The van der Waals surface area contributed by atoms with E-state index in [4.69, 9.17) is 4.74 Å². The summed E-state index contributed by atoms with van der Waals surface area (Å²) in [6.07, 6.45) is 2.92. The Hall–Kier alpha value is -1.07. The van der Waals surface area contributed by atoms with Crippen LogP contribution in [0.15, 0.2) is 6.20 Å². The van der Waals surface area contributed by atoms with Gasteiger partial charge in [-0.2, -0.15) is 5.10 Å². The van der Waals surface area contributed by atoms with Crippen molar-refractivity contribution in [2.24, 2.45) is 0 Å². The minimum absolute atomic E-state index is 0.810. The molecule has 1 N–H and O–H groups in total. The summed E-state index contributed by atoms with van der Waals surface area (Å²) in [6, 6.07) is 0. The van der Waals surface area contributed by atoms with Gasteiger partial charge >= 0.3 is 0 Å². The molecule has 0 aliphatic rings. The zero-order valence-corrected chi connectivity index (χ0v) is 11.4. The number of hydrogen-bond donors (Lipinski definition) is 1. The third-order valence-electron chi connectivity index (χ3n) is 2.61. The van der Waals surface area contributed by atoms with Crippen LogP contribution < -0.4 is 10.1 Å². The first-order chi connectivity index (χ1) is 8.19. The van der Waals surface area contributed by atoms with Crippen LogP contribution in [0.25, 0.3) is 0 Å². The van der Waals surface area contributed by atoms with Crippen LogP contribution in [0.4, 0.5) is 0 Å². The van der Waals surface area contributed by atoms with Crippen molar-refractivity contribution in [3.63, 3.8) is 0 Å². The van der Waals surface area contributed by atoms with E-state index in [0.29, 0.717) is 0 Å². The lowest BCUT2D eigenvalue weighted by Crippen LogP contribution is -2.23. The van der Waals surface area contributed by atoms with Crippen LogP contribution in [0.3, 0.4) is 0 Å². The molecule has 1 aromatic heterocycles. The molecule has 0 aromatic carbocycles. The third kappa shape index (κ3) is 4.36. The van der Waals surface area contributed by atoms with Crippen LogP contribution in [-0.4, -0.2) is 49.0 Å². The fraction of sp³-hybridized carbons (Fsp3) is 0.750. The van der Waals surface area contributed by atoms with E-state index in [9.17, 15) is 0 Å². The fourth-order valence-corrected chi connectivity index (χ4v) is 1.61. The zero-order valence-electron chi connectivity index (χ0n) is 11.4. The largest absolute Gasteiger partial charge is 0.493 e. The van der Waals surface area contributed by atoms with E-state index < -0.39 is 0 Å². The predicted octanol–water partition coefficient (Wildman–Crippen LogP) is 0.953. The highest BCUT2D eigenvalue weighted by Gasteiger charge is 2.10. The van der Waals surface area contributed by atoms with Crippen molar-refractivity contribution in [2.75, 3.05) is 34.3 Å². The standard InChI is InChI=1S/C12H24N4O/c1-5-6-13-9-11-12(17-4)10-14-16(11)8-7-15(2)3/h10,13H,5-9H2,1-4H3. The molecule has 0 spiro atoms. The lowest BCUT2D eigenvalue weighted by Gasteiger charge is -2.13. The van der Waals surface area contributed by atoms with Crippen LogP contribution in [0.5, 0.6) is 5.75 Å². The van der Waals surface area contributed by atoms with Crippen molar-refractivity contribution in [3.8, 4) is 5.75 Å². The zero-order chi connectivity index (χ0) is 12.7. The van der Waals surface area contributed by atoms with E-state index in [0.717, 1.165) is 44.0 Å². The van der Waals surface area contributed by atoms with Gasteiger partial charge in [-0.1, -0.05) is 6.92 Å². The lowest BCUT2D eigenvalue weighted by molar-refractivity contribution is 0.363. The first-order valence-electron chi connectivity index (χ1n) is 6.13. The second-order valence-electron chi connectivity index (χ2n) is 4.36. The molecule has 5 nitrogen and oxygen atoms in total. The van der Waals surface area contributed by atoms with E-state index in [1.165, 1.54) is 0 Å². The van der Waals surface area contributed by atoms with Gasteiger partial charge in [-0.3, -0.25) is 4.68 Å².